The molecule has 1 N–H and O–H groups in total. The fourth-order valence-corrected chi connectivity index (χ4v) is 2.14. The van der Waals surface area contributed by atoms with Gasteiger partial charge in [-0.25, -0.2) is 4.98 Å². The molecule has 3 rings (SSSR count). The Labute approximate surface area is 111 Å². The number of nitrogens with one attached hydrogen (secondary N) is 1. The van der Waals surface area contributed by atoms with Crippen LogP contribution in [0.15, 0.2) is 36.8 Å². The summed E-state index contributed by atoms with van der Waals surface area (Å²) in [6.45, 7) is 2.74. The van der Waals surface area contributed by atoms with Gasteiger partial charge in [-0.3, -0.25) is 4.40 Å². The summed E-state index contributed by atoms with van der Waals surface area (Å²) in [5, 5.41) is 11.7. The molecule has 3 aromatic heterocycles. The highest BCUT2D eigenvalue weighted by atomic mass is 15.3. The van der Waals surface area contributed by atoms with Gasteiger partial charge in [0, 0.05) is 25.6 Å². The Morgan fingerprint density at radius 3 is 2.95 bits per heavy atom. The van der Waals surface area contributed by atoms with Crippen molar-refractivity contribution in [2.45, 2.75) is 19.5 Å². The molecule has 0 saturated carbocycles. The van der Waals surface area contributed by atoms with E-state index in [-0.39, 0.29) is 6.04 Å². The normalized spacial score (nSPS) is 12.9. The summed E-state index contributed by atoms with van der Waals surface area (Å²) in [6, 6.07) is 6.04. The van der Waals surface area contributed by atoms with Crippen LogP contribution in [0.2, 0.25) is 0 Å². The molecule has 6 nitrogen and oxygen atoms in total. The predicted octanol–water partition coefficient (Wildman–Crippen LogP) is 1.31. The zero-order valence-electron chi connectivity index (χ0n) is 11.0. The molecule has 3 heterocycles. The SMILES string of the molecule is CC(NCc1nnc2ccccn12)c1nccn1C. The molecule has 0 spiro atoms. The highest BCUT2D eigenvalue weighted by Gasteiger charge is 2.11. The van der Waals surface area contributed by atoms with Crippen LogP contribution in [0.1, 0.15) is 24.6 Å². The van der Waals surface area contributed by atoms with Crippen LogP contribution in [0.4, 0.5) is 0 Å². The lowest BCUT2D eigenvalue weighted by Gasteiger charge is -2.12. The molecule has 19 heavy (non-hydrogen) atoms. The molecule has 0 radical (unpaired) electrons. The molecule has 0 aromatic carbocycles. The van der Waals surface area contributed by atoms with Crippen LogP contribution in [-0.4, -0.2) is 24.1 Å². The van der Waals surface area contributed by atoms with Crippen LogP contribution in [0.5, 0.6) is 0 Å². The van der Waals surface area contributed by atoms with Gasteiger partial charge in [0.25, 0.3) is 0 Å². The third-order valence-corrected chi connectivity index (χ3v) is 3.20. The molecule has 6 heteroatoms. The van der Waals surface area contributed by atoms with Crippen molar-refractivity contribution in [1.29, 1.82) is 0 Å². The minimum atomic E-state index is 0.163. The van der Waals surface area contributed by atoms with Crippen molar-refractivity contribution in [3.05, 3.63) is 48.4 Å². The summed E-state index contributed by atoms with van der Waals surface area (Å²) in [4.78, 5) is 4.34. The quantitative estimate of drug-likeness (QED) is 0.764. The minimum Gasteiger partial charge on any atom is -0.337 e. The number of hydrogen-bond acceptors (Lipinski definition) is 4. The van der Waals surface area contributed by atoms with Crippen molar-refractivity contribution in [2.75, 3.05) is 0 Å². The van der Waals surface area contributed by atoms with E-state index in [0.717, 1.165) is 17.3 Å². The summed E-state index contributed by atoms with van der Waals surface area (Å²) in [5.74, 6) is 1.91. The number of pyridine rings is 1. The van der Waals surface area contributed by atoms with Crippen molar-refractivity contribution in [3.8, 4) is 0 Å². The second-order valence-electron chi connectivity index (χ2n) is 4.54. The third kappa shape index (κ3) is 2.22. The zero-order chi connectivity index (χ0) is 13.2. The number of imidazole rings is 1. The molecule has 1 unspecified atom stereocenters. The van der Waals surface area contributed by atoms with E-state index in [0.29, 0.717) is 6.54 Å². The Morgan fingerprint density at radius 2 is 2.16 bits per heavy atom. The van der Waals surface area contributed by atoms with Gasteiger partial charge in [0.1, 0.15) is 5.82 Å². The average Bonchev–Trinajstić information content (AvgIpc) is 3.02. The van der Waals surface area contributed by atoms with Gasteiger partial charge in [-0.1, -0.05) is 6.07 Å². The van der Waals surface area contributed by atoms with Crippen LogP contribution < -0.4 is 5.32 Å². The Morgan fingerprint density at radius 1 is 1.26 bits per heavy atom. The van der Waals surface area contributed by atoms with Crippen molar-refractivity contribution in [3.63, 3.8) is 0 Å². The molecule has 98 valence electrons. The van der Waals surface area contributed by atoms with Gasteiger partial charge in [-0.2, -0.15) is 0 Å². The number of hydrogen-bond donors (Lipinski definition) is 1. The van der Waals surface area contributed by atoms with Crippen LogP contribution in [0, 0.1) is 0 Å². The molecule has 0 saturated heterocycles. The summed E-state index contributed by atoms with van der Waals surface area (Å²) < 4.78 is 4.00. The average molecular weight is 256 g/mol. The second kappa shape index (κ2) is 4.81. The van der Waals surface area contributed by atoms with E-state index in [1.165, 1.54) is 0 Å². The molecule has 0 amide bonds. The standard InChI is InChI=1S/C13H16N6/c1-10(13-14-6-8-18(13)2)15-9-12-17-16-11-5-3-4-7-19(11)12/h3-8,10,15H,9H2,1-2H3. The number of nitrogens with zero attached hydrogens (tertiary/aromatic N) is 5. The first kappa shape index (κ1) is 11.9. The van der Waals surface area contributed by atoms with Crippen molar-refractivity contribution in [1.82, 2.24) is 29.5 Å². The van der Waals surface area contributed by atoms with Gasteiger partial charge in [-0.05, 0) is 19.1 Å². The third-order valence-electron chi connectivity index (χ3n) is 3.20. The number of aryl methyl sites for hydroxylation is 1. The summed E-state index contributed by atoms with van der Waals surface area (Å²) in [6.07, 6.45) is 5.72. The van der Waals surface area contributed by atoms with E-state index in [2.05, 4.69) is 27.4 Å². The molecule has 1 atom stereocenters. The monoisotopic (exact) mass is 256 g/mol. The summed E-state index contributed by atoms with van der Waals surface area (Å²) in [7, 11) is 1.99. The van der Waals surface area contributed by atoms with Crippen molar-refractivity contribution in [2.24, 2.45) is 7.05 Å². The fraction of sp³-hybridized carbons (Fsp3) is 0.308. The van der Waals surface area contributed by atoms with Gasteiger partial charge in [0.2, 0.25) is 0 Å². The Hall–Kier alpha value is -2.21. The van der Waals surface area contributed by atoms with Crippen LogP contribution in [-0.2, 0) is 13.6 Å². The van der Waals surface area contributed by atoms with Gasteiger partial charge in [0.05, 0.1) is 12.6 Å². The van der Waals surface area contributed by atoms with Crippen molar-refractivity contribution < 1.29 is 0 Å². The summed E-state index contributed by atoms with van der Waals surface area (Å²) in [5.41, 5.74) is 0.865. The minimum absolute atomic E-state index is 0.163. The Kier molecular flexibility index (Phi) is 3.00. The number of fused-ring (bicyclic) bond motifs is 1. The van der Waals surface area contributed by atoms with Crippen molar-refractivity contribution >= 4 is 5.65 Å². The lowest BCUT2D eigenvalue weighted by atomic mass is 10.3. The van der Waals surface area contributed by atoms with E-state index in [4.69, 9.17) is 0 Å². The van der Waals surface area contributed by atoms with Gasteiger partial charge in [-0.15, -0.1) is 10.2 Å². The van der Waals surface area contributed by atoms with E-state index >= 15 is 0 Å². The lowest BCUT2D eigenvalue weighted by Crippen LogP contribution is -2.22. The number of aromatic nitrogens is 5. The highest BCUT2D eigenvalue weighted by Crippen LogP contribution is 2.10. The van der Waals surface area contributed by atoms with E-state index in [1.54, 1.807) is 6.20 Å². The van der Waals surface area contributed by atoms with Gasteiger partial charge in [0.15, 0.2) is 11.5 Å². The van der Waals surface area contributed by atoms with Gasteiger partial charge < -0.3 is 9.88 Å². The topological polar surface area (TPSA) is 60.0 Å². The Balaban J connectivity index is 1.74. The first-order valence-electron chi connectivity index (χ1n) is 6.25. The molecule has 0 aliphatic rings. The van der Waals surface area contributed by atoms with E-state index < -0.39 is 0 Å². The molecule has 0 aliphatic heterocycles. The highest BCUT2D eigenvalue weighted by molar-refractivity contribution is 5.36. The molecule has 0 bridgehead atoms. The maximum atomic E-state index is 4.34. The Bertz CT molecular complexity index is 683. The fourth-order valence-electron chi connectivity index (χ4n) is 2.14. The van der Waals surface area contributed by atoms with Gasteiger partial charge >= 0.3 is 0 Å². The molecular weight excluding hydrogens is 240 g/mol. The predicted molar refractivity (Wildman–Crippen MR) is 71.4 cm³/mol. The van der Waals surface area contributed by atoms with Crippen LogP contribution >= 0.6 is 0 Å². The molecular formula is C13H16N6. The lowest BCUT2D eigenvalue weighted by molar-refractivity contribution is 0.517. The van der Waals surface area contributed by atoms with E-state index in [1.807, 2.05) is 46.6 Å². The molecule has 0 fully saturated rings. The maximum absolute atomic E-state index is 4.34. The maximum Gasteiger partial charge on any atom is 0.160 e. The summed E-state index contributed by atoms with van der Waals surface area (Å²) >= 11 is 0. The molecule has 0 aliphatic carbocycles. The smallest absolute Gasteiger partial charge is 0.160 e. The number of rotatable bonds is 4. The first-order valence-corrected chi connectivity index (χ1v) is 6.25. The second-order valence-corrected chi connectivity index (χ2v) is 4.54. The zero-order valence-corrected chi connectivity index (χ0v) is 11.0. The molecule has 3 aromatic rings. The van der Waals surface area contributed by atoms with Crippen LogP contribution in [0.3, 0.4) is 0 Å². The largest absolute Gasteiger partial charge is 0.337 e. The first-order chi connectivity index (χ1) is 9.25. The van der Waals surface area contributed by atoms with E-state index in [9.17, 15) is 0 Å². The van der Waals surface area contributed by atoms with Crippen LogP contribution in [0.25, 0.3) is 5.65 Å².